The van der Waals surface area contributed by atoms with Gasteiger partial charge in [-0.05, 0) is 29.9 Å². The molecule has 0 atom stereocenters. The van der Waals surface area contributed by atoms with Crippen molar-refractivity contribution in [1.29, 1.82) is 0 Å². The first kappa shape index (κ1) is 12.3. The van der Waals surface area contributed by atoms with Gasteiger partial charge in [0.25, 0.3) is 5.75 Å². The Morgan fingerprint density at radius 3 is 2.79 bits per heavy atom. The number of rotatable bonds is 2. The SMILES string of the molecule is [O-][Cl+3]([O-])([O-])Oc1cccc2c1C=C1C=CC=CN1C2. The van der Waals surface area contributed by atoms with Gasteiger partial charge < -0.3 is 4.90 Å². The molecular weight excluding hydrogens is 270 g/mol. The number of halogens is 1. The minimum absolute atomic E-state index is 0.0595. The molecule has 0 fully saturated rings. The van der Waals surface area contributed by atoms with Crippen molar-refractivity contribution in [1.82, 2.24) is 4.90 Å². The molecule has 1 aromatic carbocycles. The Morgan fingerprint density at radius 2 is 2.00 bits per heavy atom. The van der Waals surface area contributed by atoms with Crippen molar-refractivity contribution >= 4 is 6.08 Å². The van der Waals surface area contributed by atoms with Crippen LogP contribution in [-0.4, -0.2) is 4.90 Å². The second kappa shape index (κ2) is 4.40. The van der Waals surface area contributed by atoms with Crippen LogP contribution in [0.4, 0.5) is 0 Å². The predicted octanol–water partition coefficient (Wildman–Crippen LogP) is -0.797. The van der Waals surface area contributed by atoms with Gasteiger partial charge in [0.15, 0.2) is 0 Å². The smallest absolute Gasteiger partial charge is 0.295 e. The van der Waals surface area contributed by atoms with E-state index in [9.17, 15) is 14.0 Å². The minimum atomic E-state index is -4.48. The van der Waals surface area contributed by atoms with Gasteiger partial charge in [-0.15, -0.1) is 0 Å². The summed E-state index contributed by atoms with van der Waals surface area (Å²) in [7, 11) is -4.48. The Bertz CT molecular complexity index is 601. The van der Waals surface area contributed by atoms with Gasteiger partial charge in [-0.2, -0.15) is 14.0 Å². The fourth-order valence-corrected chi connectivity index (χ4v) is 2.49. The molecule has 0 bridgehead atoms. The zero-order chi connectivity index (χ0) is 13.5. The lowest BCUT2D eigenvalue weighted by atomic mass is 9.99. The largest absolute Gasteiger partial charge is 0.344 e. The van der Waals surface area contributed by atoms with Crippen LogP contribution >= 0.6 is 0 Å². The van der Waals surface area contributed by atoms with Crippen molar-refractivity contribution in [2.75, 3.05) is 0 Å². The summed E-state index contributed by atoms with van der Waals surface area (Å²) in [6, 6.07) is 5.00. The van der Waals surface area contributed by atoms with E-state index in [1.807, 2.05) is 35.4 Å². The Balaban J connectivity index is 2.04. The number of fused-ring (bicyclic) bond motifs is 2. The topological polar surface area (TPSA) is 81.6 Å². The van der Waals surface area contributed by atoms with Gasteiger partial charge >= 0.3 is 0 Å². The third-order valence-corrected chi connectivity index (χ3v) is 3.30. The average Bonchev–Trinajstić information content (AvgIpc) is 2.35. The lowest BCUT2D eigenvalue weighted by Gasteiger charge is -2.29. The van der Waals surface area contributed by atoms with E-state index >= 15 is 0 Å². The third-order valence-electron chi connectivity index (χ3n) is 2.94. The third kappa shape index (κ3) is 2.50. The van der Waals surface area contributed by atoms with E-state index < -0.39 is 10.2 Å². The molecule has 19 heavy (non-hydrogen) atoms. The van der Waals surface area contributed by atoms with Crippen molar-refractivity contribution in [2.45, 2.75) is 6.54 Å². The van der Waals surface area contributed by atoms with Gasteiger partial charge in [-0.3, -0.25) is 0 Å². The van der Waals surface area contributed by atoms with Crippen molar-refractivity contribution in [3.63, 3.8) is 0 Å². The maximum absolute atomic E-state index is 10.7. The Labute approximate surface area is 112 Å². The summed E-state index contributed by atoms with van der Waals surface area (Å²) in [5.74, 6) is 0.0595. The highest BCUT2D eigenvalue weighted by molar-refractivity contribution is 5.67. The molecule has 0 N–H and O–H groups in total. The molecule has 0 radical (unpaired) electrons. The lowest BCUT2D eigenvalue weighted by molar-refractivity contribution is -1.91. The van der Waals surface area contributed by atoms with Crippen LogP contribution in [0.25, 0.3) is 6.08 Å². The molecule has 3 rings (SSSR count). The van der Waals surface area contributed by atoms with Crippen LogP contribution in [-0.2, 0) is 6.54 Å². The maximum atomic E-state index is 10.7. The maximum Gasteiger partial charge on any atom is 0.295 e. The first-order chi connectivity index (χ1) is 9.03. The van der Waals surface area contributed by atoms with E-state index in [-0.39, 0.29) is 5.75 Å². The van der Waals surface area contributed by atoms with Gasteiger partial charge in [0.05, 0.1) is 0 Å². The first-order valence-corrected chi connectivity index (χ1v) is 6.82. The summed E-state index contributed by atoms with van der Waals surface area (Å²) in [6.45, 7) is 0.606. The quantitative estimate of drug-likeness (QED) is 0.708. The molecular formula is C13H10ClNO4. The molecule has 0 aliphatic carbocycles. The lowest BCUT2D eigenvalue weighted by Crippen LogP contribution is -2.63. The van der Waals surface area contributed by atoms with Crippen LogP contribution in [0, 0.1) is 10.2 Å². The van der Waals surface area contributed by atoms with Gasteiger partial charge in [0.1, 0.15) is 10.2 Å². The second-order valence-electron chi connectivity index (χ2n) is 4.18. The number of allylic oxidation sites excluding steroid dienone is 3. The summed E-state index contributed by atoms with van der Waals surface area (Å²) >= 11 is 0. The molecule has 0 saturated carbocycles. The molecule has 0 aromatic heterocycles. The molecule has 2 aliphatic rings. The Morgan fingerprint density at radius 1 is 1.16 bits per heavy atom. The molecule has 98 valence electrons. The zero-order valence-electron chi connectivity index (χ0n) is 9.78. The van der Waals surface area contributed by atoms with Crippen molar-refractivity contribution in [3.8, 4) is 5.75 Å². The van der Waals surface area contributed by atoms with Crippen LogP contribution in [0.5, 0.6) is 5.75 Å². The predicted molar refractivity (Wildman–Crippen MR) is 58.9 cm³/mol. The van der Waals surface area contributed by atoms with Gasteiger partial charge in [0.2, 0.25) is 0 Å². The highest BCUT2D eigenvalue weighted by atomic mass is 35.7. The molecule has 2 heterocycles. The van der Waals surface area contributed by atoms with Crippen LogP contribution in [0.15, 0.2) is 48.3 Å². The molecule has 0 amide bonds. The van der Waals surface area contributed by atoms with Gasteiger partial charge in [-0.1, -0.05) is 22.5 Å². The average molecular weight is 280 g/mol. The van der Waals surface area contributed by atoms with Gasteiger partial charge in [0, 0.05) is 24.0 Å². The van der Waals surface area contributed by atoms with E-state index in [1.54, 1.807) is 12.1 Å². The van der Waals surface area contributed by atoms with Crippen molar-refractivity contribution in [2.24, 2.45) is 0 Å². The molecule has 6 heteroatoms. The number of hydrogen-bond acceptors (Lipinski definition) is 5. The minimum Gasteiger partial charge on any atom is -0.344 e. The highest BCUT2D eigenvalue weighted by Crippen LogP contribution is 2.33. The van der Waals surface area contributed by atoms with Crippen LogP contribution in [0.2, 0.25) is 0 Å². The normalized spacial score (nSPS) is 16.8. The molecule has 1 aromatic rings. The summed E-state index contributed by atoms with van der Waals surface area (Å²) in [4.78, 5) is 2.02. The van der Waals surface area contributed by atoms with E-state index in [1.165, 1.54) is 6.07 Å². The van der Waals surface area contributed by atoms with Crippen molar-refractivity contribution < 1.29 is 28.5 Å². The standard InChI is InChI=1S/C13H10ClNO4/c16-14(17,18)19-13-6-3-4-10-9-15-7-2-1-5-11(15)8-12(10)13/h1-8H,9H2. The number of benzene rings is 1. The van der Waals surface area contributed by atoms with Crippen molar-refractivity contribution in [3.05, 3.63) is 59.5 Å². The molecule has 0 spiro atoms. The van der Waals surface area contributed by atoms with Crippen LogP contribution in [0.3, 0.4) is 0 Å². The fourth-order valence-electron chi connectivity index (χ4n) is 2.16. The second-order valence-corrected chi connectivity index (χ2v) is 5.09. The van der Waals surface area contributed by atoms with Gasteiger partial charge in [-0.25, -0.2) is 0 Å². The highest BCUT2D eigenvalue weighted by Gasteiger charge is 2.26. The molecule has 2 aliphatic heterocycles. The molecule has 0 saturated heterocycles. The summed E-state index contributed by atoms with van der Waals surface area (Å²) < 4.78 is 36.6. The molecule has 5 nitrogen and oxygen atoms in total. The Hall–Kier alpha value is -1.79. The van der Waals surface area contributed by atoms with E-state index in [2.05, 4.69) is 4.29 Å². The van der Waals surface area contributed by atoms with Crippen LogP contribution < -0.4 is 18.3 Å². The zero-order valence-corrected chi connectivity index (χ0v) is 10.5. The fraction of sp³-hybridized carbons (Fsp3) is 0.0769. The van der Waals surface area contributed by atoms with Crippen LogP contribution in [0.1, 0.15) is 11.1 Å². The van der Waals surface area contributed by atoms with E-state index in [0.29, 0.717) is 12.1 Å². The molecule has 0 unspecified atom stereocenters. The van der Waals surface area contributed by atoms with E-state index in [4.69, 9.17) is 0 Å². The van der Waals surface area contributed by atoms with E-state index in [0.717, 1.165) is 11.3 Å². The number of hydrogen-bond donors (Lipinski definition) is 0. The Kier molecular flexibility index (Phi) is 2.83. The monoisotopic (exact) mass is 279 g/mol. The summed E-state index contributed by atoms with van der Waals surface area (Å²) in [6.07, 6.45) is 9.45. The summed E-state index contributed by atoms with van der Waals surface area (Å²) in [5.41, 5.74) is 2.45. The number of nitrogens with zero attached hydrogens (tertiary/aromatic N) is 1. The first-order valence-electron chi connectivity index (χ1n) is 5.58. The summed E-state index contributed by atoms with van der Waals surface area (Å²) in [5, 5.41) is 0.